The molecular weight excluding hydrogens is 280 g/mol. The van der Waals surface area contributed by atoms with E-state index in [4.69, 9.17) is 9.47 Å². The summed E-state index contributed by atoms with van der Waals surface area (Å²) < 4.78 is 11.5. The monoisotopic (exact) mass is 296 g/mol. The molecule has 112 valence electrons. The van der Waals surface area contributed by atoms with E-state index in [0.717, 1.165) is 5.56 Å². The van der Waals surface area contributed by atoms with Crippen LogP contribution in [-0.4, -0.2) is 17.5 Å². The van der Waals surface area contributed by atoms with Crippen molar-refractivity contribution in [2.75, 3.05) is 6.61 Å². The topological polar surface area (TPSA) is 55.8 Å². The maximum Gasteiger partial charge on any atom is 0.305 e. The smallest absolute Gasteiger partial charge is 0.305 e. The Balaban J connectivity index is 2.05. The normalized spacial score (nSPS) is 20.6. The number of carbonyl (C=O) groups excluding carboxylic acids is 1. The number of para-hydroxylation sites is 1. The molecule has 0 spiro atoms. The Labute approximate surface area is 128 Å². The largest absolute Gasteiger partial charge is 0.507 e. The minimum Gasteiger partial charge on any atom is -0.507 e. The first-order valence-corrected chi connectivity index (χ1v) is 7.10. The van der Waals surface area contributed by atoms with Gasteiger partial charge in [-0.3, -0.25) is 4.79 Å². The van der Waals surface area contributed by atoms with Crippen molar-refractivity contribution in [1.29, 1.82) is 0 Å². The first kappa shape index (κ1) is 14.4. The van der Waals surface area contributed by atoms with Gasteiger partial charge in [-0.05, 0) is 19.1 Å². The Morgan fingerprint density at radius 3 is 2.45 bits per heavy atom. The summed E-state index contributed by atoms with van der Waals surface area (Å²) in [4.78, 5) is 12.6. The Hall–Kier alpha value is -2.59. The molecule has 2 aromatic rings. The molecule has 0 radical (unpaired) electrons. The number of hydrogen-bond acceptors (Lipinski definition) is 4. The highest BCUT2D eigenvalue weighted by atomic mass is 16.7. The molecule has 0 bridgehead atoms. The number of phenolic OH excluding ortho intramolecular Hbond substituents is 1. The zero-order valence-corrected chi connectivity index (χ0v) is 12.2. The van der Waals surface area contributed by atoms with Crippen molar-refractivity contribution in [3.63, 3.8) is 0 Å². The second kappa shape index (κ2) is 5.66. The fourth-order valence-corrected chi connectivity index (χ4v) is 2.51. The fraction of sp³-hybridized carbons (Fsp3) is 0.167. The minimum absolute atomic E-state index is 0.0352. The van der Waals surface area contributed by atoms with Gasteiger partial charge in [-0.1, -0.05) is 42.5 Å². The highest BCUT2D eigenvalue weighted by molar-refractivity contribution is 6.05. The van der Waals surface area contributed by atoms with E-state index in [1.165, 1.54) is 12.1 Å². The van der Waals surface area contributed by atoms with E-state index in [1.54, 1.807) is 25.1 Å². The lowest BCUT2D eigenvalue weighted by atomic mass is 10.0. The van der Waals surface area contributed by atoms with Crippen molar-refractivity contribution in [3.05, 3.63) is 71.8 Å². The summed E-state index contributed by atoms with van der Waals surface area (Å²) in [6.07, 6.45) is 1.41. The second-order valence-electron chi connectivity index (χ2n) is 4.91. The van der Waals surface area contributed by atoms with Crippen molar-refractivity contribution < 1.29 is 19.4 Å². The zero-order chi connectivity index (χ0) is 15.6. The standard InChI is InChI=1S/C18H16O4/c1-2-21-18(14-10-6-7-11-15(14)19)17(20)12-16(22-18)13-8-4-3-5-9-13/h3-12,19H,2H2,1H3. The summed E-state index contributed by atoms with van der Waals surface area (Å²) in [6, 6.07) is 15.9. The highest BCUT2D eigenvalue weighted by Gasteiger charge is 2.49. The van der Waals surface area contributed by atoms with Crippen LogP contribution in [-0.2, 0) is 20.1 Å². The molecule has 0 saturated heterocycles. The third-order valence-corrected chi connectivity index (χ3v) is 3.50. The predicted octanol–water partition coefficient (Wildman–Crippen LogP) is 3.22. The van der Waals surface area contributed by atoms with Crippen LogP contribution < -0.4 is 0 Å². The third-order valence-electron chi connectivity index (χ3n) is 3.50. The van der Waals surface area contributed by atoms with Crippen LogP contribution in [0.3, 0.4) is 0 Å². The average molecular weight is 296 g/mol. The summed E-state index contributed by atoms with van der Waals surface area (Å²) >= 11 is 0. The molecule has 0 aromatic heterocycles. The van der Waals surface area contributed by atoms with E-state index >= 15 is 0 Å². The maximum absolute atomic E-state index is 12.6. The number of carbonyl (C=O) groups is 1. The van der Waals surface area contributed by atoms with Crippen molar-refractivity contribution >= 4 is 11.5 Å². The highest BCUT2D eigenvalue weighted by Crippen LogP contribution is 2.43. The molecule has 0 saturated carbocycles. The molecule has 3 rings (SSSR count). The van der Waals surface area contributed by atoms with Crippen molar-refractivity contribution in [3.8, 4) is 5.75 Å². The van der Waals surface area contributed by atoms with Crippen molar-refractivity contribution in [2.24, 2.45) is 0 Å². The summed E-state index contributed by atoms with van der Waals surface area (Å²) in [5, 5.41) is 10.1. The molecular formula is C18H16O4. The lowest BCUT2D eigenvalue weighted by Crippen LogP contribution is -2.36. The van der Waals surface area contributed by atoms with Gasteiger partial charge in [0.15, 0.2) is 0 Å². The van der Waals surface area contributed by atoms with Gasteiger partial charge in [-0.15, -0.1) is 0 Å². The minimum atomic E-state index is -1.62. The van der Waals surface area contributed by atoms with Crippen LogP contribution in [0, 0.1) is 0 Å². The van der Waals surface area contributed by atoms with E-state index in [2.05, 4.69) is 0 Å². The Morgan fingerprint density at radius 1 is 1.09 bits per heavy atom. The Kier molecular flexibility index (Phi) is 3.69. The lowest BCUT2D eigenvalue weighted by molar-refractivity contribution is -0.196. The quantitative estimate of drug-likeness (QED) is 0.941. The SMILES string of the molecule is CCOC1(c2ccccc2O)OC(c2ccccc2)=CC1=O. The van der Waals surface area contributed by atoms with Crippen LogP contribution in [0.5, 0.6) is 5.75 Å². The molecule has 1 unspecified atom stereocenters. The van der Waals surface area contributed by atoms with Crippen LogP contribution in [0.1, 0.15) is 18.1 Å². The van der Waals surface area contributed by atoms with Crippen LogP contribution in [0.4, 0.5) is 0 Å². The molecule has 1 atom stereocenters. The molecule has 1 aliphatic heterocycles. The number of hydrogen-bond donors (Lipinski definition) is 1. The molecule has 22 heavy (non-hydrogen) atoms. The number of aromatic hydroxyl groups is 1. The number of rotatable bonds is 4. The van der Waals surface area contributed by atoms with E-state index in [1.807, 2.05) is 30.3 Å². The number of ketones is 1. The second-order valence-corrected chi connectivity index (χ2v) is 4.91. The summed E-state index contributed by atoms with van der Waals surface area (Å²) in [5.41, 5.74) is 1.09. The van der Waals surface area contributed by atoms with Gasteiger partial charge in [0.1, 0.15) is 11.5 Å². The average Bonchev–Trinajstić information content (AvgIpc) is 2.87. The predicted molar refractivity (Wildman–Crippen MR) is 81.9 cm³/mol. The van der Waals surface area contributed by atoms with Crippen LogP contribution in [0.25, 0.3) is 5.76 Å². The molecule has 0 aliphatic carbocycles. The van der Waals surface area contributed by atoms with E-state index < -0.39 is 5.79 Å². The van der Waals surface area contributed by atoms with Gasteiger partial charge in [0.25, 0.3) is 0 Å². The third kappa shape index (κ3) is 2.27. The van der Waals surface area contributed by atoms with Crippen LogP contribution in [0.2, 0.25) is 0 Å². The van der Waals surface area contributed by atoms with Gasteiger partial charge in [-0.2, -0.15) is 0 Å². The van der Waals surface area contributed by atoms with Crippen LogP contribution >= 0.6 is 0 Å². The van der Waals surface area contributed by atoms with E-state index in [0.29, 0.717) is 11.3 Å². The molecule has 0 fully saturated rings. The Morgan fingerprint density at radius 2 is 1.77 bits per heavy atom. The van der Waals surface area contributed by atoms with Crippen molar-refractivity contribution in [2.45, 2.75) is 12.7 Å². The number of ether oxygens (including phenoxy) is 2. The molecule has 1 N–H and O–H groups in total. The van der Waals surface area contributed by atoms with Crippen LogP contribution in [0.15, 0.2) is 60.7 Å². The Bertz CT molecular complexity index is 721. The number of benzene rings is 2. The van der Waals surface area contributed by atoms with Gasteiger partial charge >= 0.3 is 5.79 Å². The van der Waals surface area contributed by atoms with Crippen molar-refractivity contribution in [1.82, 2.24) is 0 Å². The maximum atomic E-state index is 12.6. The molecule has 1 aliphatic rings. The fourth-order valence-electron chi connectivity index (χ4n) is 2.51. The zero-order valence-electron chi connectivity index (χ0n) is 12.2. The van der Waals surface area contributed by atoms with Gasteiger partial charge in [0.05, 0.1) is 5.56 Å². The van der Waals surface area contributed by atoms with Gasteiger partial charge in [-0.25, -0.2) is 0 Å². The summed E-state index contributed by atoms with van der Waals surface area (Å²) in [7, 11) is 0. The lowest BCUT2D eigenvalue weighted by Gasteiger charge is -2.28. The summed E-state index contributed by atoms with van der Waals surface area (Å²) in [6.45, 7) is 2.05. The van der Waals surface area contributed by atoms with E-state index in [-0.39, 0.29) is 18.1 Å². The van der Waals surface area contributed by atoms with Gasteiger partial charge in [0, 0.05) is 18.2 Å². The van der Waals surface area contributed by atoms with E-state index in [9.17, 15) is 9.90 Å². The number of phenols is 1. The van der Waals surface area contributed by atoms with Gasteiger partial charge < -0.3 is 14.6 Å². The molecule has 1 heterocycles. The molecule has 2 aromatic carbocycles. The summed E-state index contributed by atoms with van der Waals surface area (Å²) in [5.74, 6) is -1.56. The first-order valence-electron chi connectivity index (χ1n) is 7.10. The first-order chi connectivity index (χ1) is 10.7. The molecule has 4 nitrogen and oxygen atoms in total. The molecule has 0 amide bonds. The molecule has 4 heteroatoms. The van der Waals surface area contributed by atoms with Gasteiger partial charge in [0.2, 0.25) is 5.78 Å².